The minimum Gasteiger partial charge on any atom is -0.483 e. The molecule has 0 saturated carbocycles. The van der Waals surface area contributed by atoms with Crippen molar-refractivity contribution in [2.45, 2.75) is 52.7 Å². The maximum atomic E-state index is 13.6. The smallest absolute Gasteiger partial charge is 0.261 e. The Morgan fingerprint density at radius 3 is 2.26 bits per heavy atom. The van der Waals surface area contributed by atoms with Gasteiger partial charge < -0.3 is 15.0 Å². The average molecular weight is 477 g/mol. The Balaban J connectivity index is 1.92. The summed E-state index contributed by atoms with van der Waals surface area (Å²) in [5, 5.41) is 2.95. The van der Waals surface area contributed by atoms with Gasteiger partial charge in [-0.2, -0.15) is 0 Å². The third-order valence-corrected chi connectivity index (χ3v) is 5.87. The molecule has 0 heterocycles. The summed E-state index contributed by atoms with van der Waals surface area (Å²) in [6.07, 6.45) is 0.343. The van der Waals surface area contributed by atoms with Crippen LogP contribution in [-0.2, 0) is 22.6 Å². The molecule has 1 atom stereocenters. The molecular formula is C29H33FN2O3. The number of nitrogens with one attached hydrogen (secondary N) is 1. The Bertz CT molecular complexity index is 1130. The number of benzene rings is 3. The third kappa shape index (κ3) is 7.41. The van der Waals surface area contributed by atoms with Crippen LogP contribution in [0.25, 0.3) is 0 Å². The van der Waals surface area contributed by atoms with Crippen molar-refractivity contribution in [3.63, 3.8) is 0 Å². The highest BCUT2D eigenvalue weighted by atomic mass is 19.1. The minimum atomic E-state index is -0.764. The molecule has 0 saturated heterocycles. The normalized spacial score (nSPS) is 11.7. The van der Waals surface area contributed by atoms with E-state index in [0.29, 0.717) is 12.2 Å². The Kier molecular flexibility index (Phi) is 9.01. The van der Waals surface area contributed by atoms with Crippen LogP contribution in [0.2, 0.25) is 0 Å². The summed E-state index contributed by atoms with van der Waals surface area (Å²) in [4.78, 5) is 28.4. The lowest BCUT2D eigenvalue weighted by Gasteiger charge is -2.32. The summed E-state index contributed by atoms with van der Waals surface area (Å²) in [6.45, 7) is 7.63. The molecule has 184 valence electrons. The second kappa shape index (κ2) is 12.2. The number of halogens is 1. The number of hydrogen-bond acceptors (Lipinski definition) is 3. The fourth-order valence-corrected chi connectivity index (χ4v) is 3.82. The molecule has 2 amide bonds. The molecular weight excluding hydrogens is 443 g/mol. The topological polar surface area (TPSA) is 58.6 Å². The molecule has 3 aromatic carbocycles. The quantitative estimate of drug-likeness (QED) is 0.449. The van der Waals surface area contributed by atoms with Gasteiger partial charge in [0.25, 0.3) is 5.91 Å². The van der Waals surface area contributed by atoms with E-state index in [2.05, 4.69) is 5.32 Å². The van der Waals surface area contributed by atoms with Crippen LogP contribution in [0.3, 0.4) is 0 Å². The largest absolute Gasteiger partial charge is 0.483 e. The number of carbonyl (C=O) groups excluding carboxylic acids is 2. The Morgan fingerprint density at radius 2 is 1.60 bits per heavy atom. The molecule has 6 heteroatoms. The lowest BCUT2D eigenvalue weighted by Crippen LogP contribution is -2.52. The van der Waals surface area contributed by atoms with E-state index >= 15 is 0 Å². The highest BCUT2D eigenvalue weighted by Crippen LogP contribution is 2.21. The fourth-order valence-electron chi connectivity index (χ4n) is 3.82. The van der Waals surface area contributed by atoms with Crippen LogP contribution in [0.5, 0.6) is 5.75 Å². The molecule has 1 N–H and O–H groups in total. The maximum absolute atomic E-state index is 13.6. The van der Waals surface area contributed by atoms with E-state index in [0.717, 1.165) is 22.3 Å². The van der Waals surface area contributed by atoms with Crippen molar-refractivity contribution in [1.82, 2.24) is 10.2 Å². The van der Waals surface area contributed by atoms with Gasteiger partial charge in [-0.25, -0.2) is 4.39 Å². The first-order chi connectivity index (χ1) is 16.7. The van der Waals surface area contributed by atoms with E-state index in [1.807, 2.05) is 76.2 Å². The van der Waals surface area contributed by atoms with Crippen LogP contribution < -0.4 is 10.1 Å². The highest BCUT2D eigenvalue weighted by Gasteiger charge is 2.31. The number of hydrogen-bond donors (Lipinski definition) is 1. The molecule has 3 aromatic rings. The number of aryl methyl sites for hydroxylation is 1. The monoisotopic (exact) mass is 476 g/mol. The Morgan fingerprint density at radius 1 is 0.914 bits per heavy atom. The Hall–Kier alpha value is -3.67. The minimum absolute atomic E-state index is 0.0882. The van der Waals surface area contributed by atoms with Crippen LogP contribution >= 0.6 is 0 Å². The van der Waals surface area contributed by atoms with Gasteiger partial charge in [-0.05, 0) is 68.1 Å². The van der Waals surface area contributed by atoms with Crippen molar-refractivity contribution >= 4 is 11.8 Å². The maximum Gasteiger partial charge on any atom is 0.261 e. The predicted molar refractivity (Wildman–Crippen MR) is 136 cm³/mol. The number of carbonyl (C=O) groups is 2. The lowest BCUT2D eigenvalue weighted by atomic mass is 10.0. The van der Waals surface area contributed by atoms with Crippen LogP contribution in [0.15, 0.2) is 72.8 Å². The molecule has 3 rings (SSSR count). The molecule has 0 aliphatic heterocycles. The van der Waals surface area contributed by atoms with Crippen LogP contribution in [0.4, 0.5) is 4.39 Å². The molecule has 0 radical (unpaired) electrons. The van der Waals surface area contributed by atoms with Crippen molar-refractivity contribution in [3.05, 3.63) is 101 Å². The van der Waals surface area contributed by atoms with Gasteiger partial charge in [-0.3, -0.25) is 9.59 Å². The summed E-state index contributed by atoms with van der Waals surface area (Å²) in [6, 6.07) is 20.4. The molecule has 0 spiro atoms. The zero-order valence-corrected chi connectivity index (χ0v) is 20.8. The Labute approximate surface area is 206 Å². The molecule has 5 nitrogen and oxygen atoms in total. The first-order valence-electron chi connectivity index (χ1n) is 11.8. The molecule has 0 aromatic heterocycles. The predicted octanol–water partition coefficient (Wildman–Crippen LogP) is 4.99. The van der Waals surface area contributed by atoms with E-state index in [9.17, 15) is 14.0 Å². The van der Waals surface area contributed by atoms with E-state index in [1.165, 1.54) is 17.0 Å². The number of ether oxygens (including phenoxy) is 1. The van der Waals surface area contributed by atoms with E-state index in [-0.39, 0.29) is 36.8 Å². The first kappa shape index (κ1) is 25.9. The van der Waals surface area contributed by atoms with Crippen LogP contribution in [0, 0.1) is 19.7 Å². The van der Waals surface area contributed by atoms with Gasteiger partial charge in [0.1, 0.15) is 17.6 Å². The zero-order valence-electron chi connectivity index (χ0n) is 20.8. The van der Waals surface area contributed by atoms with Gasteiger partial charge in [0.15, 0.2) is 6.61 Å². The summed E-state index contributed by atoms with van der Waals surface area (Å²) in [7, 11) is 0. The molecule has 0 unspecified atom stereocenters. The van der Waals surface area contributed by atoms with Gasteiger partial charge in [0.2, 0.25) is 5.91 Å². The SMILES string of the molecule is Cc1cccc(OCC(=O)N(Cc2ccc(F)cc2)[C@H](Cc2ccccc2)C(=O)NC(C)C)c1C. The number of amides is 2. The number of nitrogens with zero attached hydrogens (tertiary/aromatic N) is 1. The van der Waals surface area contributed by atoms with Crippen molar-refractivity contribution in [1.29, 1.82) is 0 Å². The average Bonchev–Trinajstić information content (AvgIpc) is 2.83. The van der Waals surface area contributed by atoms with Gasteiger partial charge >= 0.3 is 0 Å². The van der Waals surface area contributed by atoms with Crippen molar-refractivity contribution in [3.8, 4) is 5.75 Å². The molecule has 0 bridgehead atoms. The standard InChI is InChI=1S/C29H33FN2O3/c1-20(2)31-29(34)26(17-23-10-6-5-7-11-23)32(18-24-13-15-25(30)16-14-24)28(33)19-35-27-12-8-9-21(3)22(27)4/h5-16,20,26H,17-19H2,1-4H3,(H,31,34)/t26-/m1/s1. The van der Waals surface area contributed by atoms with Gasteiger partial charge in [-0.1, -0.05) is 54.6 Å². The molecule has 0 aliphatic rings. The van der Waals surface area contributed by atoms with Crippen LogP contribution in [-0.4, -0.2) is 35.4 Å². The van der Waals surface area contributed by atoms with E-state index in [4.69, 9.17) is 4.74 Å². The van der Waals surface area contributed by atoms with E-state index in [1.54, 1.807) is 12.1 Å². The summed E-state index contributed by atoms with van der Waals surface area (Å²) in [5.74, 6) is -0.296. The molecule has 35 heavy (non-hydrogen) atoms. The second-order valence-corrected chi connectivity index (χ2v) is 9.00. The molecule has 0 fully saturated rings. The van der Waals surface area contributed by atoms with Crippen molar-refractivity contribution in [2.24, 2.45) is 0 Å². The third-order valence-electron chi connectivity index (χ3n) is 5.87. The van der Waals surface area contributed by atoms with E-state index < -0.39 is 6.04 Å². The van der Waals surface area contributed by atoms with Crippen molar-refractivity contribution < 1.29 is 18.7 Å². The number of rotatable bonds is 10. The first-order valence-corrected chi connectivity index (χ1v) is 11.8. The van der Waals surface area contributed by atoms with Gasteiger partial charge in [0.05, 0.1) is 0 Å². The van der Waals surface area contributed by atoms with Crippen LogP contribution in [0.1, 0.15) is 36.1 Å². The molecule has 0 aliphatic carbocycles. The summed E-state index contributed by atoms with van der Waals surface area (Å²) in [5.41, 5.74) is 3.69. The summed E-state index contributed by atoms with van der Waals surface area (Å²) < 4.78 is 19.4. The van der Waals surface area contributed by atoms with Gasteiger partial charge in [-0.15, -0.1) is 0 Å². The second-order valence-electron chi connectivity index (χ2n) is 9.00. The summed E-state index contributed by atoms with van der Waals surface area (Å²) >= 11 is 0. The lowest BCUT2D eigenvalue weighted by molar-refractivity contribution is -0.143. The zero-order chi connectivity index (χ0) is 25.4. The highest BCUT2D eigenvalue weighted by molar-refractivity contribution is 5.88. The van der Waals surface area contributed by atoms with Gasteiger partial charge in [0, 0.05) is 19.0 Å². The van der Waals surface area contributed by atoms with Crippen molar-refractivity contribution in [2.75, 3.05) is 6.61 Å². The fraction of sp³-hybridized carbons (Fsp3) is 0.310.